The number of hydrogen-bond donors (Lipinski definition) is 2. The highest BCUT2D eigenvalue weighted by Crippen LogP contribution is 2.30. The average molecular weight is 365 g/mol. The first kappa shape index (κ1) is 17.7. The van der Waals surface area contributed by atoms with Gasteiger partial charge in [0.1, 0.15) is 4.90 Å². The predicted octanol–water partition coefficient (Wildman–Crippen LogP) is 1.63. The van der Waals surface area contributed by atoms with Crippen LogP contribution in [0.25, 0.3) is 0 Å². The van der Waals surface area contributed by atoms with Crippen LogP contribution in [0.2, 0.25) is 0 Å². The summed E-state index contributed by atoms with van der Waals surface area (Å²) in [4.78, 5) is 0.0428. The molecule has 2 aromatic rings. The zero-order valence-electron chi connectivity index (χ0n) is 12.7. The molecule has 0 aliphatic carbocycles. The van der Waals surface area contributed by atoms with Crippen LogP contribution in [0.4, 0.5) is 0 Å². The Kier molecular flexibility index (Phi) is 5.72. The minimum absolute atomic E-state index is 0.0166. The Labute approximate surface area is 145 Å². The zero-order chi connectivity index (χ0) is 17.6. The van der Waals surface area contributed by atoms with Crippen LogP contribution in [0.3, 0.4) is 0 Å². The van der Waals surface area contributed by atoms with E-state index in [0.717, 1.165) is 0 Å². The van der Waals surface area contributed by atoms with Gasteiger partial charge in [0.05, 0.1) is 13.3 Å². The van der Waals surface area contributed by atoms with Crippen LogP contribution in [-0.4, -0.2) is 26.9 Å². The van der Waals surface area contributed by atoms with Gasteiger partial charge in [-0.1, -0.05) is 18.2 Å². The number of ether oxygens (including phenoxy) is 1. The first-order valence-electron chi connectivity index (χ1n) is 6.68. The Hall–Kier alpha value is -2.65. The third-order valence-electron chi connectivity index (χ3n) is 2.81. The fraction of sp³-hybridized carbons (Fsp3) is 0.0667. The Morgan fingerprint density at radius 2 is 1.92 bits per heavy atom. The highest BCUT2D eigenvalue weighted by molar-refractivity contribution is 7.87. The van der Waals surface area contributed by atoms with E-state index in [4.69, 9.17) is 14.7 Å². The van der Waals surface area contributed by atoms with Crippen molar-refractivity contribution < 1.29 is 17.3 Å². The highest BCUT2D eigenvalue weighted by atomic mass is 32.2. The molecule has 0 saturated heterocycles. The van der Waals surface area contributed by atoms with Crippen LogP contribution < -0.4 is 20.1 Å². The van der Waals surface area contributed by atoms with Crippen molar-refractivity contribution in [3.8, 4) is 11.5 Å². The lowest BCUT2D eigenvalue weighted by molar-refractivity contribution is 0.390. The summed E-state index contributed by atoms with van der Waals surface area (Å²) in [6.45, 7) is 0. The molecule has 0 bridgehead atoms. The van der Waals surface area contributed by atoms with Crippen LogP contribution in [0.15, 0.2) is 58.5 Å². The van der Waals surface area contributed by atoms with E-state index in [2.05, 4.69) is 22.7 Å². The second kappa shape index (κ2) is 7.75. The van der Waals surface area contributed by atoms with Crippen molar-refractivity contribution in [2.24, 2.45) is 10.8 Å². The van der Waals surface area contributed by atoms with Gasteiger partial charge in [0.2, 0.25) is 0 Å². The van der Waals surface area contributed by atoms with Crippen molar-refractivity contribution >= 4 is 33.7 Å². The molecule has 0 aliphatic rings. The van der Waals surface area contributed by atoms with Gasteiger partial charge in [0.15, 0.2) is 16.6 Å². The third kappa shape index (κ3) is 4.67. The lowest BCUT2D eigenvalue weighted by Gasteiger charge is -2.11. The molecule has 3 N–H and O–H groups in total. The largest absolute Gasteiger partial charge is 0.493 e. The Balaban J connectivity index is 2.31. The molecule has 24 heavy (non-hydrogen) atoms. The van der Waals surface area contributed by atoms with E-state index in [-0.39, 0.29) is 21.5 Å². The summed E-state index contributed by atoms with van der Waals surface area (Å²) in [5, 5.41) is 3.82. The number of nitrogens with zero attached hydrogens (tertiary/aromatic N) is 1. The van der Waals surface area contributed by atoms with Crippen LogP contribution in [-0.2, 0) is 10.1 Å². The number of methoxy groups -OCH3 is 1. The summed E-state index contributed by atoms with van der Waals surface area (Å²) in [6.07, 6.45) is 1.42. The van der Waals surface area contributed by atoms with Gasteiger partial charge >= 0.3 is 10.1 Å². The molecule has 0 aliphatic heterocycles. The number of rotatable bonds is 6. The first-order valence-corrected chi connectivity index (χ1v) is 8.50. The molecule has 7 nitrogen and oxygen atoms in total. The fourth-order valence-corrected chi connectivity index (χ4v) is 2.77. The van der Waals surface area contributed by atoms with Gasteiger partial charge < -0.3 is 14.7 Å². The number of hydrazone groups is 1. The number of nitrogens with two attached hydrogens (primary N) is 1. The van der Waals surface area contributed by atoms with E-state index >= 15 is 0 Å². The van der Waals surface area contributed by atoms with E-state index in [0.29, 0.717) is 5.56 Å². The summed E-state index contributed by atoms with van der Waals surface area (Å²) < 4.78 is 35.0. The number of thiocarbonyl (C=S) groups is 1. The maximum Gasteiger partial charge on any atom is 0.339 e. The molecule has 0 aromatic heterocycles. The van der Waals surface area contributed by atoms with Gasteiger partial charge in [-0.05, 0) is 48.1 Å². The predicted molar refractivity (Wildman–Crippen MR) is 94.8 cm³/mol. The SMILES string of the molecule is COc1ccc(C=NNC(N)=S)cc1OS(=O)(=O)c1ccccc1. The number of benzene rings is 2. The van der Waals surface area contributed by atoms with Crippen LogP contribution in [0.5, 0.6) is 11.5 Å². The van der Waals surface area contributed by atoms with Gasteiger partial charge in [-0.25, -0.2) is 0 Å². The van der Waals surface area contributed by atoms with Crippen LogP contribution >= 0.6 is 12.2 Å². The minimum Gasteiger partial charge on any atom is -0.493 e. The smallest absolute Gasteiger partial charge is 0.339 e. The molecule has 0 saturated carbocycles. The van der Waals surface area contributed by atoms with Gasteiger partial charge in [-0.15, -0.1) is 0 Å². The molecule has 0 heterocycles. The normalized spacial score (nSPS) is 11.2. The van der Waals surface area contributed by atoms with Crippen molar-refractivity contribution in [2.45, 2.75) is 4.90 Å². The lowest BCUT2D eigenvalue weighted by Crippen LogP contribution is -2.23. The van der Waals surface area contributed by atoms with Gasteiger partial charge in [0.25, 0.3) is 0 Å². The first-order chi connectivity index (χ1) is 11.4. The van der Waals surface area contributed by atoms with Crippen molar-refractivity contribution in [1.29, 1.82) is 0 Å². The summed E-state index contributed by atoms with van der Waals surface area (Å²) in [7, 11) is -2.56. The third-order valence-corrected chi connectivity index (χ3v) is 4.15. The monoisotopic (exact) mass is 365 g/mol. The van der Waals surface area contributed by atoms with E-state index < -0.39 is 10.1 Å². The summed E-state index contributed by atoms with van der Waals surface area (Å²) in [5.41, 5.74) is 8.23. The van der Waals surface area contributed by atoms with Gasteiger partial charge in [-0.2, -0.15) is 13.5 Å². The summed E-state index contributed by atoms with van der Waals surface area (Å²) >= 11 is 4.63. The standard InChI is InChI=1S/C15H15N3O4S2/c1-21-13-8-7-11(10-17-18-15(16)23)9-14(13)22-24(19,20)12-5-3-2-4-6-12/h2-10H,1H3,(H3,16,18,23). The molecular formula is C15H15N3O4S2. The van der Waals surface area contributed by atoms with E-state index in [1.54, 1.807) is 30.3 Å². The number of nitrogens with one attached hydrogen (secondary N) is 1. The summed E-state index contributed by atoms with van der Waals surface area (Å²) in [5.74, 6) is 0.314. The Bertz CT molecular complexity index is 852. The molecule has 2 rings (SSSR count). The lowest BCUT2D eigenvalue weighted by atomic mass is 10.2. The van der Waals surface area contributed by atoms with Crippen LogP contribution in [0, 0.1) is 0 Å². The van der Waals surface area contributed by atoms with E-state index in [1.807, 2.05) is 0 Å². The number of hydrogen-bond acceptors (Lipinski definition) is 6. The zero-order valence-corrected chi connectivity index (χ0v) is 14.3. The Morgan fingerprint density at radius 3 is 2.54 bits per heavy atom. The molecule has 0 radical (unpaired) electrons. The highest BCUT2D eigenvalue weighted by Gasteiger charge is 2.18. The van der Waals surface area contributed by atoms with Gasteiger partial charge in [-0.3, -0.25) is 5.43 Å². The maximum atomic E-state index is 12.3. The second-order valence-corrected chi connectivity index (χ2v) is 6.48. The molecule has 2 aromatic carbocycles. The topological polar surface area (TPSA) is 103 Å². The molecule has 0 unspecified atom stereocenters. The molecule has 0 atom stereocenters. The quantitative estimate of drug-likeness (QED) is 0.347. The molecule has 0 amide bonds. The minimum atomic E-state index is -3.98. The van der Waals surface area contributed by atoms with Crippen molar-refractivity contribution in [2.75, 3.05) is 7.11 Å². The molecular weight excluding hydrogens is 350 g/mol. The molecule has 0 spiro atoms. The van der Waals surface area contributed by atoms with Crippen molar-refractivity contribution in [1.82, 2.24) is 5.43 Å². The molecule has 0 fully saturated rings. The van der Waals surface area contributed by atoms with Crippen LogP contribution in [0.1, 0.15) is 5.56 Å². The molecule has 126 valence electrons. The van der Waals surface area contributed by atoms with Gasteiger partial charge in [0, 0.05) is 0 Å². The van der Waals surface area contributed by atoms with Crippen molar-refractivity contribution in [3.05, 3.63) is 54.1 Å². The second-order valence-electron chi connectivity index (χ2n) is 4.50. The Morgan fingerprint density at radius 1 is 1.21 bits per heavy atom. The average Bonchev–Trinajstić information content (AvgIpc) is 2.55. The van der Waals surface area contributed by atoms with E-state index in [9.17, 15) is 8.42 Å². The fourth-order valence-electron chi connectivity index (χ4n) is 1.76. The van der Waals surface area contributed by atoms with Crippen molar-refractivity contribution in [3.63, 3.8) is 0 Å². The maximum absolute atomic E-state index is 12.3. The van der Waals surface area contributed by atoms with E-state index in [1.165, 1.54) is 31.5 Å². The summed E-state index contributed by atoms with van der Waals surface area (Å²) in [6, 6.07) is 12.5. The molecule has 9 heteroatoms.